The number of likely N-dealkylation sites (tertiary alicyclic amines) is 1. The second-order valence-electron chi connectivity index (χ2n) is 6.21. The summed E-state index contributed by atoms with van der Waals surface area (Å²) in [5.74, 6) is -0.779. The zero-order valence-electron chi connectivity index (χ0n) is 14.2. The molecule has 1 aromatic carbocycles. The molecular weight excluding hydrogens is 320 g/mol. The maximum atomic E-state index is 12.2. The van der Waals surface area contributed by atoms with E-state index in [1.165, 1.54) is 4.68 Å². The molecule has 7 heteroatoms. The SMILES string of the molecule is C[C@H]1CCCCN1C(=O)COC(=O)c1ccn(-c2ccccc2N)n1. The minimum atomic E-state index is -0.619. The van der Waals surface area contributed by atoms with Crippen LogP contribution >= 0.6 is 0 Å². The largest absolute Gasteiger partial charge is 0.451 e. The number of ether oxygens (including phenoxy) is 1. The Morgan fingerprint density at radius 2 is 2.08 bits per heavy atom. The van der Waals surface area contributed by atoms with Crippen molar-refractivity contribution in [1.82, 2.24) is 14.7 Å². The molecule has 1 aromatic heterocycles. The van der Waals surface area contributed by atoms with E-state index in [4.69, 9.17) is 10.5 Å². The van der Waals surface area contributed by atoms with Crippen LogP contribution in [0.5, 0.6) is 0 Å². The number of para-hydroxylation sites is 2. The molecule has 1 amide bonds. The molecule has 0 bridgehead atoms. The number of amides is 1. The summed E-state index contributed by atoms with van der Waals surface area (Å²) in [6.07, 6.45) is 4.75. The summed E-state index contributed by atoms with van der Waals surface area (Å²) in [6.45, 7) is 2.48. The molecule has 0 radical (unpaired) electrons. The molecule has 1 fully saturated rings. The first-order valence-electron chi connectivity index (χ1n) is 8.43. The number of esters is 1. The van der Waals surface area contributed by atoms with Gasteiger partial charge in [-0.25, -0.2) is 9.48 Å². The van der Waals surface area contributed by atoms with E-state index in [0.717, 1.165) is 25.8 Å². The quantitative estimate of drug-likeness (QED) is 0.678. The Hall–Kier alpha value is -2.83. The van der Waals surface area contributed by atoms with Gasteiger partial charge in [0.1, 0.15) is 0 Å². The molecule has 0 aliphatic carbocycles. The standard InChI is InChI=1S/C18H22N4O3/c1-13-6-4-5-10-21(13)17(23)12-25-18(24)15-9-11-22(20-15)16-8-3-2-7-14(16)19/h2-3,7-9,11,13H,4-6,10,12,19H2,1H3/t13-/m0/s1. The number of nitrogen functional groups attached to an aromatic ring is 1. The van der Waals surface area contributed by atoms with Crippen molar-refractivity contribution in [3.8, 4) is 5.69 Å². The summed E-state index contributed by atoms with van der Waals surface area (Å²) in [4.78, 5) is 26.1. The van der Waals surface area contributed by atoms with Gasteiger partial charge >= 0.3 is 5.97 Å². The van der Waals surface area contributed by atoms with E-state index in [9.17, 15) is 9.59 Å². The lowest BCUT2D eigenvalue weighted by atomic mass is 10.0. The maximum absolute atomic E-state index is 12.2. The normalized spacial score (nSPS) is 17.3. The predicted molar refractivity (Wildman–Crippen MR) is 93.3 cm³/mol. The fourth-order valence-corrected chi connectivity index (χ4v) is 3.02. The number of hydrogen-bond acceptors (Lipinski definition) is 5. The molecule has 2 aromatic rings. The molecule has 25 heavy (non-hydrogen) atoms. The van der Waals surface area contributed by atoms with E-state index in [2.05, 4.69) is 5.10 Å². The number of aromatic nitrogens is 2. The van der Waals surface area contributed by atoms with Gasteiger partial charge in [0.2, 0.25) is 0 Å². The number of nitrogens with two attached hydrogens (primary N) is 1. The van der Waals surface area contributed by atoms with E-state index in [0.29, 0.717) is 11.4 Å². The van der Waals surface area contributed by atoms with E-state index in [1.807, 2.05) is 19.1 Å². The average Bonchev–Trinajstić information content (AvgIpc) is 3.10. The van der Waals surface area contributed by atoms with Crippen LogP contribution in [0.1, 0.15) is 36.7 Å². The van der Waals surface area contributed by atoms with Crippen LogP contribution in [-0.2, 0) is 9.53 Å². The highest BCUT2D eigenvalue weighted by molar-refractivity contribution is 5.89. The van der Waals surface area contributed by atoms with Gasteiger partial charge in [0.05, 0.1) is 11.4 Å². The number of hydrogen-bond donors (Lipinski definition) is 1. The molecule has 0 spiro atoms. The minimum absolute atomic E-state index is 0.141. The van der Waals surface area contributed by atoms with Gasteiger partial charge in [0.15, 0.2) is 12.3 Å². The topological polar surface area (TPSA) is 90.5 Å². The Kier molecular flexibility index (Phi) is 5.02. The molecule has 1 atom stereocenters. The first kappa shape index (κ1) is 17.0. The fraction of sp³-hybridized carbons (Fsp3) is 0.389. The molecular formula is C18H22N4O3. The first-order valence-corrected chi connectivity index (χ1v) is 8.43. The van der Waals surface area contributed by atoms with E-state index < -0.39 is 5.97 Å². The molecule has 2 N–H and O–H groups in total. The number of benzene rings is 1. The Balaban J connectivity index is 1.61. The molecule has 0 saturated carbocycles. The highest BCUT2D eigenvalue weighted by atomic mass is 16.5. The van der Waals surface area contributed by atoms with Gasteiger partial charge in [-0.3, -0.25) is 4.79 Å². The monoisotopic (exact) mass is 342 g/mol. The second kappa shape index (κ2) is 7.38. The van der Waals surface area contributed by atoms with Crippen molar-refractivity contribution in [2.75, 3.05) is 18.9 Å². The molecule has 2 heterocycles. The number of anilines is 1. The molecule has 1 aliphatic rings. The highest BCUT2D eigenvalue weighted by Crippen LogP contribution is 2.17. The van der Waals surface area contributed by atoms with Gasteiger partial charge in [-0.15, -0.1) is 0 Å². The summed E-state index contributed by atoms with van der Waals surface area (Å²) in [6, 6.07) is 8.96. The zero-order valence-corrected chi connectivity index (χ0v) is 14.2. The molecule has 7 nitrogen and oxygen atoms in total. The van der Waals surface area contributed by atoms with Crippen LogP contribution in [0, 0.1) is 0 Å². The Labute approximate surface area is 146 Å². The third kappa shape index (κ3) is 3.81. The first-order chi connectivity index (χ1) is 12.1. The van der Waals surface area contributed by atoms with Gasteiger partial charge in [0.25, 0.3) is 5.91 Å². The van der Waals surface area contributed by atoms with Crippen LogP contribution in [0.15, 0.2) is 36.5 Å². The van der Waals surface area contributed by atoms with Crippen LogP contribution in [0.3, 0.4) is 0 Å². The highest BCUT2D eigenvalue weighted by Gasteiger charge is 2.24. The van der Waals surface area contributed by atoms with E-state index >= 15 is 0 Å². The predicted octanol–water partition coefficient (Wildman–Crippen LogP) is 2.01. The van der Waals surface area contributed by atoms with Crippen LogP contribution in [0.2, 0.25) is 0 Å². The molecule has 1 aliphatic heterocycles. The van der Waals surface area contributed by atoms with Crippen LogP contribution < -0.4 is 5.73 Å². The lowest BCUT2D eigenvalue weighted by Crippen LogP contribution is -2.44. The van der Waals surface area contributed by atoms with Crippen molar-refractivity contribution >= 4 is 17.6 Å². The Morgan fingerprint density at radius 1 is 1.28 bits per heavy atom. The van der Waals surface area contributed by atoms with Gasteiger partial charge in [-0.1, -0.05) is 12.1 Å². The molecule has 3 rings (SSSR count). The van der Waals surface area contributed by atoms with Crippen molar-refractivity contribution in [2.24, 2.45) is 0 Å². The summed E-state index contributed by atoms with van der Waals surface area (Å²) in [5.41, 5.74) is 7.28. The number of rotatable bonds is 4. The van der Waals surface area contributed by atoms with Crippen molar-refractivity contribution < 1.29 is 14.3 Å². The number of carbonyl (C=O) groups is 2. The Bertz CT molecular complexity index is 771. The fourth-order valence-electron chi connectivity index (χ4n) is 3.02. The van der Waals surface area contributed by atoms with Gasteiger partial charge in [-0.2, -0.15) is 5.10 Å². The van der Waals surface area contributed by atoms with Crippen LogP contribution in [-0.4, -0.2) is 45.8 Å². The van der Waals surface area contributed by atoms with Gasteiger partial charge in [-0.05, 0) is 44.4 Å². The summed E-state index contributed by atoms with van der Waals surface area (Å²) in [5, 5.41) is 4.18. The lowest BCUT2D eigenvalue weighted by Gasteiger charge is -2.33. The van der Waals surface area contributed by atoms with Crippen LogP contribution in [0.4, 0.5) is 5.69 Å². The summed E-state index contributed by atoms with van der Waals surface area (Å²) < 4.78 is 6.65. The molecule has 0 unspecified atom stereocenters. The minimum Gasteiger partial charge on any atom is -0.451 e. The summed E-state index contributed by atoms with van der Waals surface area (Å²) in [7, 11) is 0. The zero-order chi connectivity index (χ0) is 17.8. The van der Waals surface area contributed by atoms with E-state index in [1.54, 1.807) is 29.3 Å². The number of carbonyl (C=O) groups excluding carboxylic acids is 2. The Morgan fingerprint density at radius 3 is 2.84 bits per heavy atom. The third-order valence-electron chi connectivity index (χ3n) is 4.43. The average molecular weight is 342 g/mol. The van der Waals surface area contributed by atoms with E-state index in [-0.39, 0.29) is 24.2 Å². The van der Waals surface area contributed by atoms with Gasteiger partial charge < -0.3 is 15.4 Å². The third-order valence-corrected chi connectivity index (χ3v) is 4.43. The molecule has 132 valence electrons. The van der Waals surface area contributed by atoms with Crippen molar-refractivity contribution in [1.29, 1.82) is 0 Å². The van der Waals surface area contributed by atoms with Crippen molar-refractivity contribution in [3.63, 3.8) is 0 Å². The lowest BCUT2D eigenvalue weighted by molar-refractivity contribution is -0.137. The van der Waals surface area contributed by atoms with Crippen molar-refractivity contribution in [2.45, 2.75) is 32.2 Å². The number of piperidine rings is 1. The smallest absolute Gasteiger partial charge is 0.359 e. The van der Waals surface area contributed by atoms with Crippen molar-refractivity contribution in [3.05, 3.63) is 42.2 Å². The number of nitrogens with zero attached hydrogens (tertiary/aromatic N) is 3. The second-order valence-corrected chi connectivity index (χ2v) is 6.21. The molecule has 1 saturated heterocycles. The van der Waals surface area contributed by atoms with Gasteiger partial charge in [0, 0.05) is 18.8 Å². The van der Waals surface area contributed by atoms with Crippen LogP contribution in [0.25, 0.3) is 5.69 Å². The maximum Gasteiger partial charge on any atom is 0.359 e. The summed E-state index contributed by atoms with van der Waals surface area (Å²) >= 11 is 0.